The van der Waals surface area contributed by atoms with Crippen LogP contribution in [0.2, 0.25) is 0 Å². The molecular weight excluding hydrogens is 134 g/mol. The summed E-state index contributed by atoms with van der Waals surface area (Å²) in [6.07, 6.45) is 5.90. The Morgan fingerprint density at radius 1 is 1.09 bits per heavy atom. The van der Waals surface area contributed by atoms with E-state index in [0.717, 1.165) is 6.54 Å². The lowest BCUT2D eigenvalue weighted by Crippen LogP contribution is -2.67. The normalized spacial score (nSPS) is 8.55. The quantitative estimate of drug-likeness (QED) is 0.589. The molecule has 0 saturated carbocycles. The Labute approximate surface area is 72.2 Å². The van der Waals surface area contributed by atoms with E-state index in [4.69, 9.17) is 0 Å². The van der Waals surface area contributed by atoms with Crippen molar-refractivity contribution in [3.05, 3.63) is 12.2 Å². The lowest BCUT2D eigenvalue weighted by Gasteiger charge is -1.65. The van der Waals surface area contributed by atoms with Crippen LogP contribution in [0.3, 0.4) is 0 Å². The Morgan fingerprint density at radius 2 is 1.55 bits per heavy atom. The molecule has 0 aromatic rings. The van der Waals surface area contributed by atoms with Gasteiger partial charge < -0.3 is 0 Å². The fraction of sp³-hybridized carbons (Fsp3) is 0.700. The molecule has 0 fully saturated rings. The van der Waals surface area contributed by atoms with Crippen LogP contribution in [0.15, 0.2) is 12.2 Å². The van der Waals surface area contributed by atoms with Gasteiger partial charge in [0.05, 0.1) is 0 Å². The molecule has 0 bridgehead atoms. The van der Waals surface area contributed by atoms with Gasteiger partial charge in [-0.25, -0.2) is 4.99 Å². The van der Waals surface area contributed by atoms with Crippen molar-refractivity contribution in [3.8, 4) is 0 Å². The van der Waals surface area contributed by atoms with Crippen LogP contribution in [0.4, 0.5) is 0 Å². The van der Waals surface area contributed by atoms with Gasteiger partial charge >= 0.3 is 0 Å². The average molecular weight is 158 g/mol. The van der Waals surface area contributed by atoms with Crippen LogP contribution in [0.1, 0.15) is 41.5 Å². The summed E-state index contributed by atoms with van der Waals surface area (Å²) in [5.74, 6) is 0. The van der Waals surface area contributed by atoms with Gasteiger partial charge in [-0.15, -0.1) is 0 Å². The summed E-state index contributed by atoms with van der Waals surface area (Å²) in [6.45, 7) is 13.1. The van der Waals surface area contributed by atoms with Crippen molar-refractivity contribution >= 4 is 6.21 Å². The lowest BCUT2D eigenvalue weighted by molar-refractivity contribution is -0.446. The zero-order valence-electron chi connectivity index (χ0n) is 8.94. The van der Waals surface area contributed by atoms with Crippen molar-refractivity contribution < 1.29 is 4.99 Å². The molecule has 0 aromatic heterocycles. The summed E-state index contributed by atoms with van der Waals surface area (Å²) in [6, 6.07) is 0. The minimum Gasteiger partial charge on any atom is -0.248 e. The van der Waals surface area contributed by atoms with Crippen LogP contribution in [0.5, 0.6) is 0 Å². The minimum atomic E-state index is 1.00. The maximum absolute atomic E-state index is 3.04. The van der Waals surface area contributed by atoms with E-state index in [1.165, 1.54) is 0 Å². The molecule has 0 rings (SSSR count). The number of hydrogen-bond donors (Lipinski definition) is 1. The van der Waals surface area contributed by atoms with E-state index < -0.39 is 0 Å². The number of allylic oxidation sites excluding steroid dienone is 2. The zero-order valence-corrected chi connectivity index (χ0v) is 8.94. The first-order chi connectivity index (χ1) is 5.41. The summed E-state index contributed by atoms with van der Waals surface area (Å²) in [5, 5.41) is 0. The Kier molecular flexibility index (Phi) is 52.2. The smallest absolute Gasteiger partial charge is 0.161 e. The van der Waals surface area contributed by atoms with Crippen LogP contribution >= 0.6 is 0 Å². The van der Waals surface area contributed by atoms with Crippen molar-refractivity contribution in [2.24, 2.45) is 0 Å². The first-order valence-electron chi connectivity index (χ1n) is 4.59. The number of hydrogen-bond acceptors (Lipinski definition) is 0. The molecule has 0 saturated heterocycles. The highest BCUT2D eigenvalue weighted by Crippen LogP contribution is 1.54. The van der Waals surface area contributed by atoms with Crippen LogP contribution in [-0.2, 0) is 0 Å². The van der Waals surface area contributed by atoms with E-state index >= 15 is 0 Å². The van der Waals surface area contributed by atoms with Gasteiger partial charge in [-0.1, -0.05) is 33.8 Å². The van der Waals surface area contributed by atoms with E-state index in [9.17, 15) is 0 Å². The third-order valence-corrected chi connectivity index (χ3v) is 0.611. The molecule has 0 atom stereocenters. The van der Waals surface area contributed by atoms with Gasteiger partial charge in [0.1, 0.15) is 6.54 Å². The standard InChI is InChI=1S/C6H11N.2C2H6/c1-3-5-6-7-4-2;2*1-2/h3,5-6H,4H2,1-2H3;2*1-2H3/p+1/b5-3-,7-6?;;. The SMILES string of the molecule is C/C=C\C=[NH+]CC.CC.CC. The van der Waals surface area contributed by atoms with Crippen molar-refractivity contribution in [1.29, 1.82) is 0 Å². The third-order valence-electron chi connectivity index (χ3n) is 0.611. The molecule has 0 radical (unpaired) electrons. The van der Waals surface area contributed by atoms with E-state index in [-0.39, 0.29) is 0 Å². The first-order valence-corrected chi connectivity index (χ1v) is 4.59. The van der Waals surface area contributed by atoms with Crippen molar-refractivity contribution in [2.75, 3.05) is 6.54 Å². The van der Waals surface area contributed by atoms with E-state index in [1.54, 1.807) is 0 Å². The number of nitrogens with one attached hydrogen (secondary N) is 1. The summed E-state index contributed by atoms with van der Waals surface area (Å²) >= 11 is 0. The third kappa shape index (κ3) is 44.4. The summed E-state index contributed by atoms with van der Waals surface area (Å²) in [4.78, 5) is 3.04. The molecule has 1 N–H and O–H groups in total. The molecule has 0 heterocycles. The van der Waals surface area contributed by atoms with E-state index in [0.29, 0.717) is 0 Å². The van der Waals surface area contributed by atoms with Crippen molar-refractivity contribution in [1.82, 2.24) is 0 Å². The van der Waals surface area contributed by atoms with Gasteiger partial charge in [-0.05, 0) is 19.9 Å². The average Bonchev–Trinajstić information content (AvgIpc) is 2.13. The Morgan fingerprint density at radius 3 is 1.82 bits per heavy atom. The Hall–Kier alpha value is -0.590. The molecule has 0 aliphatic rings. The van der Waals surface area contributed by atoms with E-state index in [1.807, 2.05) is 53.0 Å². The summed E-state index contributed by atoms with van der Waals surface area (Å²) in [5.41, 5.74) is 0. The molecule has 0 unspecified atom stereocenters. The monoisotopic (exact) mass is 158 g/mol. The second-order valence-electron chi connectivity index (χ2n) is 1.25. The van der Waals surface area contributed by atoms with Gasteiger partial charge in [-0.2, -0.15) is 0 Å². The Balaban J connectivity index is -0.000000138. The highest BCUT2D eigenvalue weighted by molar-refractivity contribution is 5.64. The van der Waals surface area contributed by atoms with Crippen molar-refractivity contribution in [3.63, 3.8) is 0 Å². The molecular formula is C10H24N+. The molecule has 0 spiro atoms. The van der Waals surface area contributed by atoms with Crippen LogP contribution in [0.25, 0.3) is 0 Å². The molecule has 1 heteroatoms. The maximum Gasteiger partial charge on any atom is 0.161 e. The molecule has 0 aliphatic carbocycles. The van der Waals surface area contributed by atoms with Gasteiger partial charge in [0.15, 0.2) is 6.21 Å². The Bertz CT molecular complexity index is 72.9. The summed E-state index contributed by atoms with van der Waals surface area (Å²) < 4.78 is 0. The fourth-order valence-corrected chi connectivity index (χ4v) is 0.282. The fourth-order valence-electron chi connectivity index (χ4n) is 0.282. The minimum absolute atomic E-state index is 1.00. The van der Waals surface area contributed by atoms with Gasteiger partial charge in [0.2, 0.25) is 0 Å². The molecule has 68 valence electrons. The molecule has 0 aliphatic heterocycles. The zero-order chi connectivity index (χ0) is 9.54. The summed E-state index contributed by atoms with van der Waals surface area (Å²) in [7, 11) is 0. The molecule has 0 aromatic carbocycles. The highest BCUT2D eigenvalue weighted by Gasteiger charge is 1.64. The molecule has 11 heavy (non-hydrogen) atoms. The van der Waals surface area contributed by atoms with Crippen molar-refractivity contribution in [2.45, 2.75) is 41.5 Å². The van der Waals surface area contributed by atoms with Crippen LogP contribution in [-0.4, -0.2) is 12.8 Å². The topological polar surface area (TPSA) is 14.0 Å². The molecule has 0 amide bonds. The maximum atomic E-state index is 3.04. The highest BCUT2D eigenvalue weighted by atomic mass is 14.7. The second-order valence-corrected chi connectivity index (χ2v) is 1.25. The largest absolute Gasteiger partial charge is 0.248 e. The predicted molar refractivity (Wildman–Crippen MR) is 55.1 cm³/mol. The van der Waals surface area contributed by atoms with Gasteiger partial charge in [0, 0.05) is 0 Å². The predicted octanol–water partition coefficient (Wildman–Crippen LogP) is 1.79. The van der Waals surface area contributed by atoms with Crippen LogP contribution in [0, 0.1) is 0 Å². The van der Waals surface area contributed by atoms with Crippen LogP contribution < -0.4 is 4.99 Å². The van der Waals surface area contributed by atoms with Gasteiger partial charge in [0.25, 0.3) is 0 Å². The van der Waals surface area contributed by atoms with E-state index in [2.05, 4.69) is 11.9 Å². The number of rotatable bonds is 2. The van der Waals surface area contributed by atoms with Gasteiger partial charge in [-0.3, -0.25) is 0 Å². The molecule has 1 nitrogen and oxygen atoms in total. The first kappa shape index (κ1) is 16.8. The second kappa shape index (κ2) is 34.2. The lowest BCUT2D eigenvalue weighted by atomic mass is 10.6.